The van der Waals surface area contributed by atoms with E-state index in [1.54, 1.807) is 19.1 Å². The summed E-state index contributed by atoms with van der Waals surface area (Å²) in [7, 11) is -3.68. The molecule has 0 aliphatic rings. The minimum Gasteiger partial charge on any atom is -0.280 e. The fourth-order valence-corrected chi connectivity index (χ4v) is 3.93. The highest BCUT2D eigenvalue weighted by Gasteiger charge is 2.18. The highest BCUT2D eigenvalue weighted by atomic mass is 35.5. The van der Waals surface area contributed by atoms with E-state index in [-0.39, 0.29) is 4.90 Å². The van der Waals surface area contributed by atoms with E-state index in [9.17, 15) is 8.42 Å². The SMILES string of the molecule is Cc1cc(C)c(S(=O)(=O)Nc2cc(Cl)cc(Cl)c2)cc1C. The molecule has 0 saturated carbocycles. The van der Waals surface area contributed by atoms with Crippen LogP contribution in [0.3, 0.4) is 0 Å². The van der Waals surface area contributed by atoms with Crippen LogP contribution in [0.2, 0.25) is 10.0 Å². The van der Waals surface area contributed by atoms with Crippen molar-refractivity contribution < 1.29 is 8.42 Å². The number of halogens is 2. The summed E-state index contributed by atoms with van der Waals surface area (Å²) in [6.45, 7) is 5.60. The van der Waals surface area contributed by atoms with Gasteiger partial charge < -0.3 is 0 Å². The molecule has 0 aliphatic carbocycles. The molecule has 0 atom stereocenters. The van der Waals surface area contributed by atoms with Crippen molar-refractivity contribution in [2.45, 2.75) is 25.7 Å². The number of rotatable bonds is 3. The Kier molecular flexibility index (Phi) is 4.51. The number of benzene rings is 2. The van der Waals surface area contributed by atoms with Gasteiger partial charge in [0.15, 0.2) is 0 Å². The van der Waals surface area contributed by atoms with Crippen molar-refractivity contribution in [1.82, 2.24) is 0 Å². The first-order valence-corrected chi connectivity index (χ1v) is 8.50. The van der Waals surface area contributed by atoms with Gasteiger partial charge >= 0.3 is 0 Å². The van der Waals surface area contributed by atoms with Crippen molar-refractivity contribution in [2.24, 2.45) is 0 Å². The van der Waals surface area contributed by atoms with Crippen molar-refractivity contribution in [1.29, 1.82) is 0 Å². The number of anilines is 1. The van der Waals surface area contributed by atoms with E-state index in [0.717, 1.165) is 11.1 Å². The highest BCUT2D eigenvalue weighted by molar-refractivity contribution is 7.92. The van der Waals surface area contributed by atoms with Crippen LogP contribution in [0.4, 0.5) is 5.69 Å². The summed E-state index contributed by atoms with van der Waals surface area (Å²) in [5, 5.41) is 0.744. The van der Waals surface area contributed by atoms with Crippen LogP contribution in [-0.2, 0) is 10.0 Å². The molecule has 0 aromatic heterocycles. The molecule has 0 bridgehead atoms. The van der Waals surface area contributed by atoms with Gasteiger partial charge in [0.25, 0.3) is 10.0 Å². The summed E-state index contributed by atoms with van der Waals surface area (Å²) in [6, 6.07) is 8.10. The first kappa shape index (κ1) is 16.1. The van der Waals surface area contributed by atoms with Crippen molar-refractivity contribution in [3.05, 3.63) is 57.1 Å². The number of aryl methyl sites for hydroxylation is 3. The van der Waals surface area contributed by atoms with Gasteiger partial charge in [-0.2, -0.15) is 0 Å². The second-order valence-electron chi connectivity index (χ2n) is 4.97. The van der Waals surface area contributed by atoms with Gasteiger partial charge in [-0.05, 0) is 61.7 Å². The molecular weight excluding hydrogens is 329 g/mol. The maximum Gasteiger partial charge on any atom is 0.262 e. The van der Waals surface area contributed by atoms with Crippen LogP contribution in [0, 0.1) is 20.8 Å². The van der Waals surface area contributed by atoms with Gasteiger partial charge in [-0.3, -0.25) is 4.72 Å². The third kappa shape index (κ3) is 3.70. The molecule has 2 aromatic carbocycles. The van der Waals surface area contributed by atoms with Crippen LogP contribution in [-0.4, -0.2) is 8.42 Å². The molecular formula is C15H15Cl2NO2S. The summed E-state index contributed by atoms with van der Waals surface area (Å²) in [6.07, 6.45) is 0. The predicted octanol–water partition coefficient (Wildman–Crippen LogP) is 4.72. The maximum absolute atomic E-state index is 12.5. The monoisotopic (exact) mass is 343 g/mol. The Morgan fingerprint density at radius 2 is 1.33 bits per heavy atom. The smallest absolute Gasteiger partial charge is 0.262 e. The molecule has 2 aromatic rings. The first-order chi connectivity index (χ1) is 9.69. The largest absolute Gasteiger partial charge is 0.280 e. The number of hydrogen-bond acceptors (Lipinski definition) is 2. The van der Waals surface area contributed by atoms with Gasteiger partial charge in [-0.1, -0.05) is 29.3 Å². The Labute approximate surface area is 135 Å². The van der Waals surface area contributed by atoms with Crippen LogP contribution in [0.15, 0.2) is 35.2 Å². The van der Waals surface area contributed by atoms with Gasteiger partial charge in [0.2, 0.25) is 0 Å². The third-order valence-electron chi connectivity index (χ3n) is 3.20. The molecule has 3 nitrogen and oxygen atoms in total. The van der Waals surface area contributed by atoms with Crippen LogP contribution >= 0.6 is 23.2 Å². The van der Waals surface area contributed by atoms with Crippen LogP contribution in [0.25, 0.3) is 0 Å². The zero-order valence-corrected chi connectivity index (χ0v) is 14.2. The molecule has 1 N–H and O–H groups in total. The van der Waals surface area contributed by atoms with E-state index >= 15 is 0 Å². The lowest BCUT2D eigenvalue weighted by Gasteiger charge is -2.13. The zero-order valence-electron chi connectivity index (χ0n) is 11.9. The van der Waals surface area contributed by atoms with Crippen molar-refractivity contribution in [2.75, 3.05) is 4.72 Å². The minimum absolute atomic E-state index is 0.252. The standard InChI is InChI=1S/C15H15Cl2NO2S/c1-9-4-11(3)15(5-10(9)2)21(19,20)18-14-7-12(16)6-13(17)8-14/h4-8,18H,1-3H3. The summed E-state index contributed by atoms with van der Waals surface area (Å²) in [5.41, 5.74) is 3.01. The Morgan fingerprint density at radius 3 is 1.90 bits per heavy atom. The minimum atomic E-state index is -3.68. The normalized spacial score (nSPS) is 11.5. The van der Waals surface area contributed by atoms with Gasteiger partial charge in [0, 0.05) is 10.0 Å². The van der Waals surface area contributed by atoms with Crippen molar-refractivity contribution >= 4 is 38.9 Å². The molecule has 0 amide bonds. The lowest BCUT2D eigenvalue weighted by atomic mass is 10.1. The molecule has 0 saturated heterocycles. The topological polar surface area (TPSA) is 46.2 Å². The third-order valence-corrected chi connectivity index (χ3v) is 5.16. The average molecular weight is 344 g/mol. The summed E-state index contributed by atoms with van der Waals surface area (Å²) >= 11 is 11.8. The van der Waals surface area contributed by atoms with Gasteiger partial charge in [0.05, 0.1) is 10.6 Å². The molecule has 0 spiro atoms. The quantitative estimate of drug-likeness (QED) is 0.876. The van der Waals surface area contributed by atoms with E-state index in [1.165, 1.54) is 12.1 Å². The van der Waals surface area contributed by atoms with E-state index in [2.05, 4.69) is 4.72 Å². The molecule has 0 fully saturated rings. The predicted molar refractivity (Wildman–Crippen MR) is 87.9 cm³/mol. The summed E-state index contributed by atoms with van der Waals surface area (Å²) in [5.74, 6) is 0. The Hall–Kier alpha value is -1.23. The van der Waals surface area contributed by atoms with E-state index < -0.39 is 10.0 Å². The number of nitrogens with one attached hydrogen (secondary N) is 1. The first-order valence-electron chi connectivity index (χ1n) is 6.26. The van der Waals surface area contributed by atoms with Crippen molar-refractivity contribution in [3.63, 3.8) is 0 Å². The molecule has 0 radical (unpaired) electrons. The summed E-state index contributed by atoms with van der Waals surface area (Å²) < 4.78 is 27.5. The molecule has 2 rings (SSSR count). The maximum atomic E-state index is 12.5. The van der Waals surface area contributed by atoms with E-state index in [4.69, 9.17) is 23.2 Å². The highest BCUT2D eigenvalue weighted by Crippen LogP contribution is 2.26. The second-order valence-corrected chi connectivity index (χ2v) is 7.49. The summed E-state index contributed by atoms with van der Waals surface area (Å²) in [4.78, 5) is 0.252. The molecule has 0 unspecified atom stereocenters. The molecule has 21 heavy (non-hydrogen) atoms. The molecule has 0 aliphatic heterocycles. The molecule has 112 valence electrons. The molecule has 6 heteroatoms. The zero-order chi connectivity index (χ0) is 15.8. The van der Waals surface area contributed by atoms with Crippen LogP contribution in [0.1, 0.15) is 16.7 Å². The Morgan fingerprint density at radius 1 is 0.810 bits per heavy atom. The second kappa shape index (κ2) is 5.87. The van der Waals surface area contributed by atoms with Gasteiger partial charge in [0.1, 0.15) is 0 Å². The Balaban J connectivity index is 2.45. The lowest BCUT2D eigenvalue weighted by Crippen LogP contribution is -2.14. The van der Waals surface area contributed by atoms with Crippen LogP contribution in [0.5, 0.6) is 0 Å². The van der Waals surface area contributed by atoms with E-state index in [1.807, 2.05) is 19.9 Å². The fourth-order valence-electron chi connectivity index (χ4n) is 2.05. The Bertz CT molecular complexity index is 781. The van der Waals surface area contributed by atoms with E-state index in [0.29, 0.717) is 21.3 Å². The fraction of sp³-hybridized carbons (Fsp3) is 0.200. The lowest BCUT2D eigenvalue weighted by molar-refractivity contribution is 0.600. The van der Waals surface area contributed by atoms with Gasteiger partial charge in [-0.15, -0.1) is 0 Å². The van der Waals surface area contributed by atoms with Crippen molar-refractivity contribution in [3.8, 4) is 0 Å². The van der Waals surface area contributed by atoms with Crippen LogP contribution < -0.4 is 4.72 Å². The number of hydrogen-bond donors (Lipinski definition) is 1. The molecule has 0 heterocycles. The average Bonchev–Trinajstić information content (AvgIpc) is 2.31. The number of sulfonamides is 1. The van der Waals surface area contributed by atoms with Gasteiger partial charge in [-0.25, -0.2) is 8.42 Å².